The van der Waals surface area contributed by atoms with E-state index >= 15 is 0 Å². The Hall–Kier alpha value is -0.470. The third-order valence-electron chi connectivity index (χ3n) is 4.50. The van der Waals surface area contributed by atoms with Crippen LogP contribution in [0, 0.1) is 5.92 Å². The second-order valence-corrected chi connectivity index (χ2v) is 6.77. The SMILES string of the molecule is CCC1CCCC(NC2CSc3ccccc32)C1. The Morgan fingerprint density at radius 2 is 2.17 bits per heavy atom. The topological polar surface area (TPSA) is 12.0 Å². The Balaban J connectivity index is 1.64. The van der Waals surface area contributed by atoms with Crippen molar-refractivity contribution in [2.24, 2.45) is 5.92 Å². The molecule has 1 N–H and O–H groups in total. The molecule has 1 saturated carbocycles. The summed E-state index contributed by atoms with van der Waals surface area (Å²) in [5, 5.41) is 3.92. The molecule has 3 atom stereocenters. The van der Waals surface area contributed by atoms with Crippen molar-refractivity contribution in [2.75, 3.05) is 5.75 Å². The van der Waals surface area contributed by atoms with Gasteiger partial charge in [-0.1, -0.05) is 44.4 Å². The lowest BCUT2D eigenvalue weighted by molar-refractivity contribution is 0.267. The quantitative estimate of drug-likeness (QED) is 0.866. The maximum atomic E-state index is 3.92. The van der Waals surface area contributed by atoms with Gasteiger partial charge in [-0.05, 0) is 30.4 Å². The van der Waals surface area contributed by atoms with Crippen molar-refractivity contribution < 1.29 is 0 Å². The first-order valence-corrected chi connectivity index (χ1v) is 8.33. The summed E-state index contributed by atoms with van der Waals surface area (Å²) in [7, 11) is 0. The molecule has 1 aliphatic heterocycles. The summed E-state index contributed by atoms with van der Waals surface area (Å²) >= 11 is 2.01. The summed E-state index contributed by atoms with van der Waals surface area (Å²) in [6.45, 7) is 2.34. The molecular formula is C16H23NS. The fourth-order valence-electron chi connectivity index (χ4n) is 3.40. The summed E-state index contributed by atoms with van der Waals surface area (Å²) in [5.74, 6) is 2.17. The number of fused-ring (bicyclic) bond motifs is 1. The van der Waals surface area contributed by atoms with Gasteiger partial charge in [0.1, 0.15) is 0 Å². The monoisotopic (exact) mass is 261 g/mol. The zero-order valence-corrected chi connectivity index (χ0v) is 12.0. The van der Waals surface area contributed by atoms with E-state index in [1.165, 1.54) is 48.3 Å². The predicted octanol–water partition coefficient (Wildman–Crippen LogP) is 4.39. The molecule has 1 aliphatic carbocycles. The molecule has 0 spiro atoms. The minimum Gasteiger partial charge on any atom is -0.306 e. The molecule has 1 nitrogen and oxygen atoms in total. The third kappa shape index (κ3) is 2.60. The Labute approximate surface area is 115 Å². The summed E-state index contributed by atoms with van der Waals surface area (Å²) < 4.78 is 0. The third-order valence-corrected chi connectivity index (χ3v) is 5.68. The highest BCUT2D eigenvalue weighted by atomic mass is 32.2. The standard InChI is InChI=1S/C16H23NS/c1-2-12-6-5-7-13(10-12)17-15-11-18-16-9-4-3-8-14(15)16/h3-4,8-9,12-13,15,17H,2,5-7,10-11H2,1H3. The van der Waals surface area contributed by atoms with E-state index in [0.29, 0.717) is 6.04 Å². The van der Waals surface area contributed by atoms with Crippen LogP contribution in [0.1, 0.15) is 50.6 Å². The molecule has 1 heterocycles. The molecule has 2 heteroatoms. The van der Waals surface area contributed by atoms with Crippen LogP contribution in [0.4, 0.5) is 0 Å². The van der Waals surface area contributed by atoms with Crippen molar-refractivity contribution in [1.82, 2.24) is 5.32 Å². The molecule has 0 saturated heterocycles. The minimum absolute atomic E-state index is 0.590. The van der Waals surface area contributed by atoms with Crippen molar-refractivity contribution in [3.8, 4) is 0 Å². The largest absolute Gasteiger partial charge is 0.306 e. The average Bonchev–Trinajstić information content (AvgIpc) is 2.83. The molecule has 1 aromatic carbocycles. The zero-order chi connectivity index (χ0) is 12.4. The highest BCUT2D eigenvalue weighted by Gasteiger charge is 2.27. The fraction of sp³-hybridized carbons (Fsp3) is 0.625. The maximum Gasteiger partial charge on any atom is 0.0428 e. The van der Waals surface area contributed by atoms with Crippen LogP contribution in [0.5, 0.6) is 0 Å². The Bertz CT molecular complexity index is 404. The van der Waals surface area contributed by atoms with Gasteiger partial charge in [0, 0.05) is 22.7 Å². The van der Waals surface area contributed by atoms with Gasteiger partial charge in [0.15, 0.2) is 0 Å². The Kier molecular flexibility index (Phi) is 3.95. The highest BCUT2D eigenvalue weighted by molar-refractivity contribution is 7.99. The second kappa shape index (κ2) is 5.66. The van der Waals surface area contributed by atoms with E-state index in [1.54, 1.807) is 0 Å². The molecule has 3 unspecified atom stereocenters. The van der Waals surface area contributed by atoms with Gasteiger partial charge in [0.2, 0.25) is 0 Å². The molecule has 0 radical (unpaired) electrons. The number of nitrogens with one attached hydrogen (secondary N) is 1. The van der Waals surface area contributed by atoms with E-state index in [2.05, 4.69) is 36.5 Å². The van der Waals surface area contributed by atoms with Gasteiger partial charge in [-0.25, -0.2) is 0 Å². The minimum atomic E-state index is 0.590. The van der Waals surface area contributed by atoms with Crippen LogP contribution >= 0.6 is 11.8 Å². The molecule has 2 aliphatic rings. The Morgan fingerprint density at radius 3 is 3.06 bits per heavy atom. The summed E-state index contributed by atoms with van der Waals surface area (Å²) in [6, 6.07) is 10.2. The van der Waals surface area contributed by atoms with Gasteiger partial charge >= 0.3 is 0 Å². The summed E-state index contributed by atoms with van der Waals surface area (Å²) in [5.41, 5.74) is 1.53. The lowest BCUT2D eigenvalue weighted by atomic mass is 9.84. The second-order valence-electron chi connectivity index (χ2n) is 5.71. The van der Waals surface area contributed by atoms with Gasteiger partial charge in [0.05, 0.1) is 0 Å². The van der Waals surface area contributed by atoms with Crippen molar-refractivity contribution in [2.45, 2.75) is 56.0 Å². The molecule has 0 amide bonds. The van der Waals surface area contributed by atoms with Crippen LogP contribution in [-0.4, -0.2) is 11.8 Å². The lowest BCUT2D eigenvalue weighted by Gasteiger charge is -2.31. The molecule has 3 rings (SSSR count). The first-order valence-electron chi connectivity index (χ1n) is 7.34. The smallest absolute Gasteiger partial charge is 0.0428 e. The molecular weight excluding hydrogens is 238 g/mol. The number of rotatable bonds is 3. The van der Waals surface area contributed by atoms with E-state index in [-0.39, 0.29) is 0 Å². The molecule has 1 aromatic rings. The van der Waals surface area contributed by atoms with Gasteiger partial charge in [0.25, 0.3) is 0 Å². The van der Waals surface area contributed by atoms with Crippen molar-refractivity contribution in [3.05, 3.63) is 29.8 Å². The van der Waals surface area contributed by atoms with Crippen molar-refractivity contribution >= 4 is 11.8 Å². The van der Waals surface area contributed by atoms with E-state index in [9.17, 15) is 0 Å². The van der Waals surface area contributed by atoms with E-state index < -0.39 is 0 Å². The summed E-state index contributed by atoms with van der Waals surface area (Å²) in [4.78, 5) is 1.48. The van der Waals surface area contributed by atoms with Crippen molar-refractivity contribution in [3.63, 3.8) is 0 Å². The van der Waals surface area contributed by atoms with Gasteiger partial charge in [-0.2, -0.15) is 0 Å². The molecule has 98 valence electrons. The first kappa shape index (κ1) is 12.6. The van der Waals surface area contributed by atoms with Crippen LogP contribution in [0.2, 0.25) is 0 Å². The average molecular weight is 261 g/mol. The molecule has 18 heavy (non-hydrogen) atoms. The predicted molar refractivity (Wildman–Crippen MR) is 79.1 cm³/mol. The van der Waals surface area contributed by atoms with Crippen LogP contribution < -0.4 is 5.32 Å². The number of thioether (sulfide) groups is 1. The zero-order valence-electron chi connectivity index (χ0n) is 11.2. The van der Waals surface area contributed by atoms with Crippen molar-refractivity contribution in [1.29, 1.82) is 0 Å². The highest BCUT2D eigenvalue weighted by Crippen LogP contribution is 2.39. The number of hydrogen-bond acceptors (Lipinski definition) is 2. The molecule has 0 aromatic heterocycles. The van der Waals surface area contributed by atoms with Crippen LogP contribution in [0.15, 0.2) is 29.2 Å². The van der Waals surface area contributed by atoms with Gasteiger partial charge in [-0.15, -0.1) is 11.8 Å². The normalized spacial score (nSPS) is 31.3. The maximum absolute atomic E-state index is 3.92. The number of benzene rings is 1. The van der Waals surface area contributed by atoms with Crippen LogP contribution in [-0.2, 0) is 0 Å². The molecule has 0 bridgehead atoms. The Morgan fingerprint density at radius 1 is 1.28 bits per heavy atom. The van der Waals surface area contributed by atoms with E-state index in [1.807, 2.05) is 11.8 Å². The number of hydrogen-bond donors (Lipinski definition) is 1. The molecule has 1 fully saturated rings. The first-order chi connectivity index (χ1) is 8.86. The van der Waals surface area contributed by atoms with E-state index in [4.69, 9.17) is 0 Å². The summed E-state index contributed by atoms with van der Waals surface area (Å²) in [6.07, 6.45) is 6.98. The van der Waals surface area contributed by atoms with Crippen LogP contribution in [0.25, 0.3) is 0 Å². The fourth-order valence-corrected chi connectivity index (χ4v) is 4.57. The van der Waals surface area contributed by atoms with Gasteiger partial charge in [-0.3, -0.25) is 0 Å². The van der Waals surface area contributed by atoms with Crippen LogP contribution in [0.3, 0.4) is 0 Å². The van der Waals surface area contributed by atoms with E-state index in [0.717, 1.165) is 12.0 Å². The van der Waals surface area contributed by atoms with Gasteiger partial charge < -0.3 is 5.32 Å². The lowest BCUT2D eigenvalue weighted by Crippen LogP contribution is -2.36.